The molecule has 37 heavy (non-hydrogen) atoms. The largest absolute Gasteiger partial charge is 0.463 e. The molecule has 194 valence electrons. The minimum atomic E-state index is -4.97. The summed E-state index contributed by atoms with van der Waals surface area (Å²) in [5.74, 6) is -1.12. The van der Waals surface area contributed by atoms with Gasteiger partial charge in [0.1, 0.15) is 6.54 Å². The number of pyridine rings is 1. The molecular formula is C21H16BrClF3N7O4. The third-order valence-electron chi connectivity index (χ3n) is 5.01. The SMILES string of the molecule is COC(=O)c1nc(Cn2nc(-c3ccc(Cl)cc3)n(CC(O)C(F)(F)F)c2=O)nn1-c1ncccc1Br. The summed E-state index contributed by atoms with van der Waals surface area (Å²) in [6.07, 6.45) is -6.33. The predicted octanol–water partition coefficient (Wildman–Crippen LogP) is 2.86. The molecule has 0 fully saturated rings. The number of aliphatic hydroxyl groups is 1. The van der Waals surface area contributed by atoms with E-state index < -0.39 is 37.0 Å². The molecule has 3 heterocycles. The molecule has 1 atom stereocenters. The van der Waals surface area contributed by atoms with Crippen molar-refractivity contribution in [2.75, 3.05) is 7.11 Å². The first-order chi connectivity index (χ1) is 17.5. The van der Waals surface area contributed by atoms with E-state index in [0.717, 1.165) is 16.5 Å². The number of methoxy groups -OCH3 is 1. The van der Waals surface area contributed by atoms with Crippen LogP contribution in [0, 0.1) is 0 Å². The Morgan fingerprint density at radius 1 is 1.22 bits per heavy atom. The van der Waals surface area contributed by atoms with E-state index in [0.29, 0.717) is 14.1 Å². The van der Waals surface area contributed by atoms with Gasteiger partial charge in [-0.3, -0.25) is 4.57 Å². The highest BCUT2D eigenvalue weighted by Crippen LogP contribution is 2.24. The number of carbonyl (C=O) groups is 1. The molecule has 0 aliphatic carbocycles. The Hall–Kier alpha value is -3.56. The van der Waals surface area contributed by atoms with Crippen molar-refractivity contribution >= 4 is 33.5 Å². The lowest BCUT2D eigenvalue weighted by atomic mass is 10.2. The van der Waals surface area contributed by atoms with Gasteiger partial charge >= 0.3 is 17.8 Å². The first-order valence-corrected chi connectivity index (χ1v) is 11.5. The third-order valence-corrected chi connectivity index (χ3v) is 5.88. The first kappa shape index (κ1) is 26.5. The summed E-state index contributed by atoms with van der Waals surface area (Å²) in [7, 11) is 1.14. The van der Waals surface area contributed by atoms with Crippen LogP contribution >= 0.6 is 27.5 Å². The molecule has 0 spiro atoms. The number of hydrogen-bond acceptors (Lipinski definition) is 8. The highest BCUT2D eigenvalue weighted by molar-refractivity contribution is 9.10. The molecule has 0 aliphatic rings. The van der Waals surface area contributed by atoms with Crippen LogP contribution in [0.4, 0.5) is 13.2 Å². The van der Waals surface area contributed by atoms with Gasteiger partial charge < -0.3 is 9.84 Å². The molecule has 16 heteroatoms. The Kier molecular flexibility index (Phi) is 7.47. The number of benzene rings is 1. The molecule has 0 aliphatic heterocycles. The average molecular weight is 603 g/mol. The fourth-order valence-electron chi connectivity index (χ4n) is 3.26. The number of aromatic nitrogens is 7. The molecule has 3 aromatic heterocycles. The number of hydrogen-bond donors (Lipinski definition) is 1. The number of rotatable bonds is 7. The van der Waals surface area contributed by atoms with Crippen molar-refractivity contribution in [1.82, 2.24) is 34.1 Å². The fourth-order valence-corrected chi connectivity index (χ4v) is 3.81. The second kappa shape index (κ2) is 10.4. The van der Waals surface area contributed by atoms with Gasteiger partial charge in [-0.05, 0) is 52.3 Å². The van der Waals surface area contributed by atoms with E-state index in [9.17, 15) is 27.9 Å². The van der Waals surface area contributed by atoms with Crippen LogP contribution in [0.5, 0.6) is 0 Å². The Morgan fingerprint density at radius 3 is 2.54 bits per heavy atom. The van der Waals surface area contributed by atoms with Gasteiger partial charge in [-0.15, -0.1) is 10.2 Å². The van der Waals surface area contributed by atoms with Crippen molar-refractivity contribution in [3.05, 3.63) is 74.2 Å². The molecule has 0 amide bonds. The molecule has 4 rings (SSSR count). The maximum absolute atomic E-state index is 13.1. The smallest absolute Gasteiger partial charge is 0.416 e. The minimum absolute atomic E-state index is 0.0799. The predicted molar refractivity (Wildman–Crippen MR) is 126 cm³/mol. The molecule has 11 nitrogen and oxygen atoms in total. The molecule has 1 aromatic carbocycles. The molecule has 1 N–H and O–H groups in total. The van der Waals surface area contributed by atoms with Gasteiger partial charge in [-0.1, -0.05) is 11.6 Å². The first-order valence-electron chi connectivity index (χ1n) is 10.3. The van der Waals surface area contributed by atoms with Crippen molar-refractivity contribution in [2.24, 2.45) is 0 Å². The second-order valence-electron chi connectivity index (χ2n) is 7.50. The van der Waals surface area contributed by atoms with Crippen LogP contribution in [0.3, 0.4) is 0 Å². The summed E-state index contributed by atoms with van der Waals surface area (Å²) in [5, 5.41) is 18.4. The number of halogens is 5. The van der Waals surface area contributed by atoms with Gasteiger partial charge in [0.2, 0.25) is 5.82 Å². The zero-order valence-electron chi connectivity index (χ0n) is 18.7. The van der Waals surface area contributed by atoms with Gasteiger partial charge in [0, 0.05) is 16.8 Å². The van der Waals surface area contributed by atoms with E-state index in [-0.39, 0.29) is 28.9 Å². The van der Waals surface area contributed by atoms with Crippen LogP contribution in [-0.2, 0) is 17.8 Å². The topological polar surface area (TPSA) is 130 Å². The van der Waals surface area contributed by atoms with Crippen LogP contribution in [0.15, 0.2) is 51.9 Å². The van der Waals surface area contributed by atoms with E-state index in [4.69, 9.17) is 16.3 Å². The minimum Gasteiger partial charge on any atom is -0.463 e. The maximum atomic E-state index is 13.1. The summed E-state index contributed by atoms with van der Waals surface area (Å²) in [5.41, 5.74) is -0.691. The lowest BCUT2D eigenvalue weighted by Gasteiger charge is -2.15. The molecule has 0 saturated carbocycles. The quantitative estimate of drug-likeness (QED) is 0.320. The Balaban J connectivity index is 1.79. The Morgan fingerprint density at radius 2 is 1.92 bits per heavy atom. The highest BCUT2D eigenvalue weighted by atomic mass is 79.9. The normalized spacial score (nSPS) is 12.5. The lowest BCUT2D eigenvalue weighted by Crippen LogP contribution is -2.37. The average Bonchev–Trinajstić information content (AvgIpc) is 3.40. The number of nitrogens with zero attached hydrogens (tertiary/aromatic N) is 7. The van der Waals surface area contributed by atoms with Crippen molar-refractivity contribution in [3.63, 3.8) is 0 Å². The van der Waals surface area contributed by atoms with Crippen LogP contribution in [0.25, 0.3) is 17.2 Å². The third kappa shape index (κ3) is 5.57. The van der Waals surface area contributed by atoms with Crippen LogP contribution < -0.4 is 5.69 Å². The van der Waals surface area contributed by atoms with E-state index in [2.05, 4.69) is 36.1 Å². The zero-order valence-corrected chi connectivity index (χ0v) is 21.1. The van der Waals surface area contributed by atoms with E-state index in [1.807, 2.05) is 0 Å². The summed E-state index contributed by atoms with van der Waals surface area (Å²) >= 11 is 9.20. The van der Waals surface area contributed by atoms with Gasteiger partial charge in [-0.25, -0.2) is 24.2 Å². The van der Waals surface area contributed by atoms with Crippen molar-refractivity contribution < 1.29 is 27.8 Å². The molecule has 0 radical (unpaired) electrons. The number of ether oxygens (including phenoxy) is 1. The molecule has 4 aromatic rings. The highest BCUT2D eigenvalue weighted by Gasteiger charge is 2.39. The summed E-state index contributed by atoms with van der Waals surface area (Å²) in [4.78, 5) is 33.7. The van der Waals surface area contributed by atoms with E-state index >= 15 is 0 Å². The zero-order chi connectivity index (χ0) is 26.9. The molecule has 0 bridgehead atoms. The molecule has 1 unspecified atom stereocenters. The van der Waals surface area contributed by atoms with Gasteiger partial charge in [0.25, 0.3) is 0 Å². The number of carbonyl (C=O) groups excluding carboxylic acids is 1. The Bertz CT molecular complexity index is 1500. The van der Waals surface area contributed by atoms with E-state index in [1.54, 1.807) is 12.1 Å². The second-order valence-corrected chi connectivity index (χ2v) is 8.79. The summed E-state index contributed by atoms with van der Waals surface area (Å²) < 4.78 is 47.1. The summed E-state index contributed by atoms with van der Waals surface area (Å²) in [6.45, 7) is -1.52. The monoisotopic (exact) mass is 601 g/mol. The van der Waals surface area contributed by atoms with Gasteiger partial charge in [0.05, 0.1) is 18.1 Å². The van der Waals surface area contributed by atoms with Gasteiger partial charge in [0.15, 0.2) is 23.6 Å². The van der Waals surface area contributed by atoms with Crippen molar-refractivity contribution in [2.45, 2.75) is 25.4 Å². The van der Waals surface area contributed by atoms with Gasteiger partial charge in [-0.2, -0.15) is 17.9 Å². The lowest BCUT2D eigenvalue weighted by molar-refractivity contribution is -0.207. The number of alkyl halides is 3. The summed E-state index contributed by atoms with van der Waals surface area (Å²) in [6, 6.07) is 9.17. The van der Waals surface area contributed by atoms with Crippen molar-refractivity contribution in [1.29, 1.82) is 0 Å². The van der Waals surface area contributed by atoms with E-state index in [1.165, 1.54) is 30.5 Å². The maximum Gasteiger partial charge on any atom is 0.416 e. The van der Waals surface area contributed by atoms with Crippen LogP contribution in [-0.4, -0.2) is 64.6 Å². The number of esters is 1. The Labute approximate surface area is 219 Å². The fraction of sp³-hybridized carbons (Fsp3) is 0.238. The van der Waals surface area contributed by atoms with Crippen molar-refractivity contribution in [3.8, 4) is 17.2 Å². The molecule has 0 saturated heterocycles. The number of aliphatic hydroxyl groups excluding tert-OH is 1. The standard InChI is InChI=1S/C21H16BrClF3N7O4/c1-37-19(35)18-28-15(29-33(18)17-13(22)3-2-8-27-17)10-32-20(36)31(9-14(34)21(24,25)26)16(30-32)11-4-6-12(23)7-5-11/h2-8,14,34H,9-10H2,1H3. The van der Waals surface area contributed by atoms with Crippen LogP contribution in [0.2, 0.25) is 5.02 Å². The van der Waals surface area contributed by atoms with Crippen LogP contribution in [0.1, 0.15) is 16.4 Å². The molecular weight excluding hydrogens is 587 g/mol.